The van der Waals surface area contributed by atoms with Crippen molar-refractivity contribution in [2.24, 2.45) is 5.41 Å². The minimum atomic E-state index is -3.71. The van der Waals surface area contributed by atoms with Crippen LogP contribution >= 0.6 is 0 Å². The van der Waals surface area contributed by atoms with Crippen molar-refractivity contribution in [2.45, 2.75) is 39.0 Å². The molecule has 1 aromatic rings. The van der Waals surface area contributed by atoms with E-state index in [-0.39, 0.29) is 12.2 Å². The van der Waals surface area contributed by atoms with E-state index < -0.39 is 33.3 Å². The van der Waals surface area contributed by atoms with Gasteiger partial charge in [-0.1, -0.05) is 32.9 Å². The topological polar surface area (TPSA) is 83.5 Å². The second kappa shape index (κ2) is 6.53. The van der Waals surface area contributed by atoms with Gasteiger partial charge in [-0.25, -0.2) is 17.5 Å². The molecular weight excluding hydrogens is 297 g/mol. The molecule has 0 bridgehead atoms. The number of aliphatic carboxylic acids is 1. The molecule has 0 heterocycles. The van der Waals surface area contributed by atoms with Gasteiger partial charge in [0.1, 0.15) is 5.82 Å². The van der Waals surface area contributed by atoms with E-state index in [1.54, 1.807) is 20.8 Å². The highest BCUT2D eigenvalue weighted by atomic mass is 32.2. The molecule has 0 saturated heterocycles. The molecule has 7 heteroatoms. The number of rotatable bonds is 6. The Morgan fingerprint density at radius 1 is 1.29 bits per heavy atom. The zero-order valence-electron chi connectivity index (χ0n) is 12.3. The molecule has 0 saturated carbocycles. The molecule has 118 valence electrons. The molecule has 0 spiro atoms. The molecule has 0 aromatic heterocycles. The summed E-state index contributed by atoms with van der Waals surface area (Å²) in [5, 5.41) is 8.89. The van der Waals surface area contributed by atoms with Crippen LogP contribution in [0.15, 0.2) is 24.3 Å². The number of carboxylic acid groups (broad SMARTS) is 1. The van der Waals surface area contributed by atoms with Crippen LogP contribution in [0.3, 0.4) is 0 Å². The summed E-state index contributed by atoms with van der Waals surface area (Å²) in [6, 6.07) is 4.42. The Balaban J connectivity index is 2.86. The summed E-state index contributed by atoms with van der Waals surface area (Å²) >= 11 is 0. The molecule has 2 N–H and O–H groups in total. The predicted molar refractivity (Wildman–Crippen MR) is 77.7 cm³/mol. The lowest BCUT2D eigenvalue weighted by Gasteiger charge is -2.30. The number of carboxylic acids is 1. The summed E-state index contributed by atoms with van der Waals surface area (Å²) in [7, 11) is -3.71. The summed E-state index contributed by atoms with van der Waals surface area (Å²) in [6.07, 6.45) is -0.299. The lowest BCUT2D eigenvalue weighted by molar-refractivity contribution is -0.138. The number of nitrogens with one attached hydrogen (secondary N) is 1. The van der Waals surface area contributed by atoms with Crippen LogP contribution in [-0.4, -0.2) is 25.5 Å². The van der Waals surface area contributed by atoms with E-state index in [4.69, 9.17) is 5.11 Å². The zero-order valence-corrected chi connectivity index (χ0v) is 13.1. The maximum Gasteiger partial charge on any atom is 0.304 e. The highest BCUT2D eigenvalue weighted by Crippen LogP contribution is 2.23. The van der Waals surface area contributed by atoms with Gasteiger partial charge in [-0.2, -0.15) is 0 Å². The third kappa shape index (κ3) is 6.22. The van der Waals surface area contributed by atoms with Gasteiger partial charge in [-0.15, -0.1) is 0 Å². The molecule has 0 aliphatic rings. The van der Waals surface area contributed by atoms with E-state index in [0.717, 1.165) is 0 Å². The maximum absolute atomic E-state index is 12.8. The van der Waals surface area contributed by atoms with E-state index in [0.29, 0.717) is 5.56 Å². The van der Waals surface area contributed by atoms with E-state index in [1.165, 1.54) is 24.3 Å². The Morgan fingerprint density at radius 2 is 1.81 bits per heavy atom. The molecule has 0 radical (unpaired) electrons. The summed E-state index contributed by atoms with van der Waals surface area (Å²) < 4.78 is 39.5. The lowest BCUT2D eigenvalue weighted by Crippen LogP contribution is -2.45. The minimum Gasteiger partial charge on any atom is -0.481 e. The van der Waals surface area contributed by atoms with Crippen LogP contribution in [0.4, 0.5) is 4.39 Å². The van der Waals surface area contributed by atoms with E-state index in [2.05, 4.69) is 4.72 Å². The smallest absolute Gasteiger partial charge is 0.304 e. The van der Waals surface area contributed by atoms with Gasteiger partial charge in [0, 0.05) is 6.04 Å². The monoisotopic (exact) mass is 317 g/mol. The molecule has 0 fully saturated rings. The summed E-state index contributed by atoms with van der Waals surface area (Å²) in [5.74, 6) is -1.83. The SMILES string of the molecule is CC(C)(C)C(CC(=O)O)NS(=O)(=O)Cc1ccc(F)cc1. The Morgan fingerprint density at radius 3 is 2.24 bits per heavy atom. The summed E-state index contributed by atoms with van der Waals surface area (Å²) in [5.41, 5.74) is -0.0965. The molecule has 1 atom stereocenters. The van der Waals surface area contributed by atoms with Gasteiger partial charge in [0.05, 0.1) is 12.2 Å². The Hall–Kier alpha value is -1.47. The minimum absolute atomic E-state index is 0.299. The standard InChI is InChI=1S/C14H20FNO4S/c1-14(2,3)12(8-13(17)18)16-21(19,20)9-10-4-6-11(15)7-5-10/h4-7,12,16H,8-9H2,1-3H3,(H,17,18). The van der Waals surface area contributed by atoms with Gasteiger partial charge in [-0.3, -0.25) is 4.79 Å². The Bertz CT molecular complexity index is 590. The predicted octanol–water partition coefficient (Wildman–Crippen LogP) is 2.13. The average molecular weight is 317 g/mol. The normalized spacial score (nSPS) is 13.9. The molecule has 0 aliphatic heterocycles. The summed E-state index contributed by atoms with van der Waals surface area (Å²) in [4.78, 5) is 10.9. The van der Waals surface area contributed by atoms with Crippen LogP contribution in [0.5, 0.6) is 0 Å². The molecule has 5 nitrogen and oxygen atoms in total. The zero-order chi connectivity index (χ0) is 16.3. The molecule has 0 amide bonds. The number of benzene rings is 1. The maximum atomic E-state index is 12.8. The first-order valence-corrected chi connectivity index (χ1v) is 8.11. The van der Waals surface area contributed by atoms with Crippen molar-refractivity contribution in [3.8, 4) is 0 Å². The number of carbonyl (C=O) groups is 1. The molecule has 1 rings (SSSR count). The van der Waals surface area contributed by atoms with Gasteiger partial charge >= 0.3 is 5.97 Å². The van der Waals surface area contributed by atoms with Gasteiger partial charge in [0.15, 0.2) is 0 Å². The van der Waals surface area contributed by atoms with E-state index in [9.17, 15) is 17.6 Å². The van der Waals surface area contributed by atoms with Gasteiger partial charge < -0.3 is 5.11 Å². The number of hydrogen-bond acceptors (Lipinski definition) is 3. The summed E-state index contributed by atoms with van der Waals surface area (Å²) in [6.45, 7) is 5.29. The van der Waals surface area contributed by atoms with Crippen LogP contribution in [0, 0.1) is 11.2 Å². The molecule has 1 unspecified atom stereocenters. The van der Waals surface area contributed by atoms with Gasteiger partial charge in [0.25, 0.3) is 0 Å². The fourth-order valence-electron chi connectivity index (χ4n) is 1.76. The number of halogens is 1. The van der Waals surface area contributed by atoms with Crippen LogP contribution in [0.2, 0.25) is 0 Å². The first-order chi connectivity index (χ1) is 9.49. The Labute approximate surface area is 124 Å². The molecule has 21 heavy (non-hydrogen) atoms. The van der Waals surface area contributed by atoms with Crippen LogP contribution < -0.4 is 4.72 Å². The molecule has 1 aromatic carbocycles. The Kier molecular flexibility index (Phi) is 5.47. The second-order valence-corrected chi connectivity index (χ2v) is 7.77. The van der Waals surface area contributed by atoms with Crippen molar-refractivity contribution in [2.75, 3.05) is 0 Å². The fraction of sp³-hybridized carbons (Fsp3) is 0.500. The first-order valence-electron chi connectivity index (χ1n) is 6.46. The quantitative estimate of drug-likeness (QED) is 0.842. The highest BCUT2D eigenvalue weighted by Gasteiger charge is 2.30. The van der Waals surface area contributed by atoms with Crippen LogP contribution in [0.1, 0.15) is 32.8 Å². The third-order valence-electron chi connectivity index (χ3n) is 3.02. The fourth-order valence-corrected chi connectivity index (χ4v) is 3.34. The largest absolute Gasteiger partial charge is 0.481 e. The first kappa shape index (κ1) is 17.6. The van der Waals surface area contributed by atoms with Crippen molar-refractivity contribution in [3.05, 3.63) is 35.6 Å². The number of sulfonamides is 1. The van der Waals surface area contributed by atoms with Gasteiger partial charge in [0.2, 0.25) is 10.0 Å². The van der Waals surface area contributed by atoms with Crippen LogP contribution in [0.25, 0.3) is 0 Å². The van der Waals surface area contributed by atoms with Crippen molar-refractivity contribution in [1.29, 1.82) is 0 Å². The van der Waals surface area contributed by atoms with E-state index >= 15 is 0 Å². The van der Waals surface area contributed by atoms with Crippen molar-refractivity contribution in [3.63, 3.8) is 0 Å². The highest BCUT2D eigenvalue weighted by molar-refractivity contribution is 7.88. The van der Waals surface area contributed by atoms with Crippen molar-refractivity contribution in [1.82, 2.24) is 4.72 Å². The second-order valence-electron chi connectivity index (χ2n) is 6.02. The average Bonchev–Trinajstić information content (AvgIpc) is 2.29. The molecular formula is C14H20FNO4S. The molecule has 0 aliphatic carbocycles. The van der Waals surface area contributed by atoms with Crippen molar-refractivity contribution < 1.29 is 22.7 Å². The van der Waals surface area contributed by atoms with E-state index in [1.807, 2.05) is 0 Å². The third-order valence-corrected chi connectivity index (χ3v) is 4.37. The van der Waals surface area contributed by atoms with Crippen LogP contribution in [-0.2, 0) is 20.6 Å². The number of hydrogen-bond donors (Lipinski definition) is 2. The lowest BCUT2D eigenvalue weighted by atomic mass is 9.85. The van der Waals surface area contributed by atoms with Crippen molar-refractivity contribution >= 4 is 16.0 Å². The van der Waals surface area contributed by atoms with Gasteiger partial charge in [-0.05, 0) is 23.1 Å².